The van der Waals surface area contributed by atoms with Crippen LogP contribution in [0.2, 0.25) is 5.02 Å². The molecule has 2 amide bonds. The van der Waals surface area contributed by atoms with Gasteiger partial charge in [0.05, 0.1) is 27.7 Å². The first-order valence-corrected chi connectivity index (χ1v) is 12.3. The second-order valence-electron chi connectivity index (χ2n) is 9.03. The molecule has 1 aliphatic rings. The number of fused-ring (bicyclic) bond motifs is 1. The first-order chi connectivity index (χ1) is 17.4. The minimum absolute atomic E-state index is 0.0288. The number of amides is 2. The van der Waals surface area contributed by atoms with Crippen LogP contribution >= 0.6 is 11.6 Å². The Morgan fingerprint density at radius 1 is 1.31 bits per heavy atom. The van der Waals surface area contributed by atoms with Crippen LogP contribution in [0.1, 0.15) is 41.2 Å². The lowest BCUT2D eigenvalue weighted by molar-refractivity contribution is -0.126. The van der Waals surface area contributed by atoms with E-state index in [1.807, 2.05) is 46.7 Å². The van der Waals surface area contributed by atoms with Gasteiger partial charge in [0.15, 0.2) is 0 Å². The molecule has 8 nitrogen and oxygen atoms in total. The van der Waals surface area contributed by atoms with E-state index in [2.05, 4.69) is 16.2 Å². The molecular formula is C27H29ClN6O2. The second-order valence-corrected chi connectivity index (χ2v) is 9.44. The molecule has 0 saturated carbocycles. The van der Waals surface area contributed by atoms with Crippen molar-refractivity contribution in [3.63, 3.8) is 0 Å². The van der Waals surface area contributed by atoms with Gasteiger partial charge in [-0.2, -0.15) is 0 Å². The van der Waals surface area contributed by atoms with Crippen molar-refractivity contribution in [2.45, 2.75) is 25.3 Å². The van der Waals surface area contributed by atoms with Crippen LogP contribution in [0.25, 0.3) is 11.0 Å². The molecule has 1 saturated heterocycles. The van der Waals surface area contributed by atoms with Crippen LogP contribution in [0.4, 0.5) is 5.95 Å². The Hall–Kier alpha value is -3.67. The predicted octanol–water partition coefficient (Wildman–Crippen LogP) is 3.99. The van der Waals surface area contributed by atoms with E-state index in [4.69, 9.17) is 23.0 Å². The molecule has 1 N–H and O–H groups in total. The quantitative estimate of drug-likeness (QED) is 0.405. The Morgan fingerprint density at radius 2 is 2.14 bits per heavy atom. The number of rotatable bonds is 6. The monoisotopic (exact) mass is 504 g/mol. The number of likely N-dealkylation sites (tertiary alicyclic amines) is 1. The maximum Gasteiger partial charge on any atom is 0.260 e. The Morgan fingerprint density at radius 3 is 2.92 bits per heavy atom. The number of benzene rings is 1. The van der Waals surface area contributed by atoms with E-state index in [0.29, 0.717) is 41.7 Å². The number of nitrogens with zero attached hydrogens (tertiary/aromatic N) is 5. The van der Waals surface area contributed by atoms with Gasteiger partial charge >= 0.3 is 0 Å². The number of nitrogens with one attached hydrogen (secondary N) is 1. The first kappa shape index (κ1) is 25.4. The topological polar surface area (TPSA) is 83.4 Å². The number of para-hydroxylation sites is 1. The maximum atomic E-state index is 13.2. The number of hydrogen-bond donors (Lipinski definition) is 1. The van der Waals surface area contributed by atoms with Gasteiger partial charge < -0.3 is 14.4 Å². The SMILES string of the molecule is C#Cc1ccncc1C(=O)Nc1nc2cccc(Cl)c2n1[C@@H]1CCCCN(C(=O)/C=C/CN(C)C)C1. The number of carbonyl (C=O) groups is 2. The van der Waals surface area contributed by atoms with E-state index >= 15 is 0 Å². The fraction of sp³-hybridized carbons (Fsp3) is 0.333. The van der Waals surface area contributed by atoms with Crippen LogP contribution in [-0.2, 0) is 4.79 Å². The Bertz CT molecular complexity index is 1340. The minimum Gasteiger partial charge on any atom is -0.337 e. The number of halogens is 1. The highest BCUT2D eigenvalue weighted by molar-refractivity contribution is 6.35. The van der Waals surface area contributed by atoms with Crippen molar-refractivity contribution in [1.29, 1.82) is 0 Å². The van der Waals surface area contributed by atoms with E-state index < -0.39 is 5.91 Å². The van der Waals surface area contributed by atoms with Crippen LogP contribution < -0.4 is 5.32 Å². The third kappa shape index (κ3) is 5.59. The van der Waals surface area contributed by atoms with Gasteiger partial charge in [0.25, 0.3) is 5.91 Å². The lowest BCUT2D eigenvalue weighted by Crippen LogP contribution is -2.34. The number of pyridine rings is 1. The first-order valence-electron chi connectivity index (χ1n) is 11.9. The zero-order valence-corrected chi connectivity index (χ0v) is 21.2. The van der Waals surface area contributed by atoms with Crippen molar-refractivity contribution in [1.82, 2.24) is 24.3 Å². The molecule has 36 heavy (non-hydrogen) atoms. The van der Waals surface area contributed by atoms with E-state index in [0.717, 1.165) is 24.8 Å². The highest BCUT2D eigenvalue weighted by Gasteiger charge is 2.27. The van der Waals surface area contributed by atoms with Crippen molar-refractivity contribution in [3.8, 4) is 12.3 Å². The normalized spacial score (nSPS) is 16.3. The van der Waals surface area contributed by atoms with Gasteiger partial charge in [-0.25, -0.2) is 4.98 Å². The van der Waals surface area contributed by atoms with Crippen LogP contribution in [0, 0.1) is 12.3 Å². The molecule has 1 aromatic carbocycles. The molecule has 1 aliphatic heterocycles. The van der Waals surface area contributed by atoms with Crippen molar-refractivity contribution in [3.05, 3.63) is 65.0 Å². The lowest BCUT2D eigenvalue weighted by atomic mass is 10.1. The Labute approximate surface area is 216 Å². The second kappa shape index (κ2) is 11.4. The van der Waals surface area contributed by atoms with E-state index in [1.54, 1.807) is 24.4 Å². The number of carbonyl (C=O) groups excluding carboxylic acids is 2. The summed E-state index contributed by atoms with van der Waals surface area (Å²) in [5.41, 5.74) is 2.11. The summed E-state index contributed by atoms with van der Waals surface area (Å²) in [7, 11) is 3.91. The van der Waals surface area contributed by atoms with Gasteiger partial charge in [0.1, 0.15) is 0 Å². The van der Waals surface area contributed by atoms with E-state index in [9.17, 15) is 9.59 Å². The molecule has 0 unspecified atom stereocenters. The lowest BCUT2D eigenvalue weighted by Gasteiger charge is -2.26. The largest absolute Gasteiger partial charge is 0.337 e. The summed E-state index contributed by atoms with van der Waals surface area (Å²) >= 11 is 6.63. The maximum absolute atomic E-state index is 13.2. The van der Waals surface area contributed by atoms with Gasteiger partial charge in [0, 0.05) is 43.7 Å². The number of likely N-dealkylation sites (N-methyl/N-ethyl adjacent to an activating group) is 1. The molecule has 3 heterocycles. The van der Waals surface area contributed by atoms with E-state index in [-0.39, 0.29) is 17.5 Å². The molecule has 0 bridgehead atoms. The standard InChI is InChI=1S/C27H29ClN6O2/c1-4-19-13-14-29-17-21(19)26(36)31-27-30-23-11-7-10-22(28)25(23)34(27)20-9-5-6-16-33(18-20)24(35)12-8-15-32(2)3/h1,7-8,10-14,17,20H,5-6,9,15-16,18H2,2-3H3,(H,30,31,36)/b12-8+/t20-/m1/s1. The smallest absolute Gasteiger partial charge is 0.260 e. The number of terminal acetylenes is 1. The molecule has 1 atom stereocenters. The summed E-state index contributed by atoms with van der Waals surface area (Å²) in [6, 6.07) is 6.97. The molecular weight excluding hydrogens is 476 g/mol. The van der Waals surface area contributed by atoms with Crippen molar-refractivity contribution < 1.29 is 9.59 Å². The third-order valence-corrected chi connectivity index (χ3v) is 6.47. The van der Waals surface area contributed by atoms with Crippen molar-refractivity contribution >= 4 is 40.4 Å². The average molecular weight is 505 g/mol. The molecule has 9 heteroatoms. The van der Waals surface area contributed by atoms with Crippen LogP contribution in [0.5, 0.6) is 0 Å². The van der Waals surface area contributed by atoms with Gasteiger partial charge in [0.2, 0.25) is 11.9 Å². The summed E-state index contributed by atoms with van der Waals surface area (Å²) in [6.07, 6.45) is 14.7. The molecule has 2 aromatic heterocycles. The van der Waals surface area contributed by atoms with Gasteiger partial charge in [-0.3, -0.25) is 19.9 Å². The number of anilines is 1. The van der Waals surface area contributed by atoms with Gasteiger partial charge in [-0.1, -0.05) is 29.7 Å². The third-order valence-electron chi connectivity index (χ3n) is 6.16. The summed E-state index contributed by atoms with van der Waals surface area (Å²) in [5.74, 6) is 2.45. The fourth-order valence-corrected chi connectivity index (χ4v) is 4.68. The summed E-state index contributed by atoms with van der Waals surface area (Å²) in [4.78, 5) is 38.8. The fourth-order valence-electron chi connectivity index (χ4n) is 4.42. The van der Waals surface area contributed by atoms with Crippen molar-refractivity contribution in [2.75, 3.05) is 39.0 Å². The number of aromatic nitrogens is 3. The molecule has 1 fully saturated rings. The highest BCUT2D eigenvalue weighted by Crippen LogP contribution is 2.34. The van der Waals surface area contributed by atoms with Crippen LogP contribution in [-0.4, -0.2) is 69.9 Å². The van der Waals surface area contributed by atoms with Gasteiger partial charge in [-0.05, 0) is 51.6 Å². The summed E-state index contributed by atoms with van der Waals surface area (Å²) in [6.45, 7) is 1.84. The van der Waals surface area contributed by atoms with E-state index in [1.165, 1.54) is 6.20 Å². The zero-order chi connectivity index (χ0) is 25.7. The van der Waals surface area contributed by atoms with Crippen LogP contribution in [0.3, 0.4) is 0 Å². The minimum atomic E-state index is -0.406. The Balaban J connectivity index is 1.70. The molecule has 3 aromatic rings. The zero-order valence-electron chi connectivity index (χ0n) is 20.4. The molecule has 4 rings (SSSR count). The predicted molar refractivity (Wildman–Crippen MR) is 142 cm³/mol. The Kier molecular flexibility index (Phi) is 8.04. The number of imidazole rings is 1. The highest BCUT2D eigenvalue weighted by atomic mass is 35.5. The average Bonchev–Trinajstić information content (AvgIpc) is 3.05. The summed E-state index contributed by atoms with van der Waals surface area (Å²) < 4.78 is 1.95. The van der Waals surface area contributed by atoms with Crippen LogP contribution in [0.15, 0.2) is 48.8 Å². The van der Waals surface area contributed by atoms with Crippen molar-refractivity contribution in [2.24, 2.45) is 0 Å². The summed E-state index contributed by atoms with van der Waals surface area (Å²) in [5, 5.41) is 3.45. The molecule has 0 spiro atoms. The molecule has 0 aliphatic carbocycles. The molecule has 0 radical (unpaired) electrons. The molecule has 186 valence electrons. The van der Waals surface area contributed by atoms with Gasteiger partial charge in [-0.15, -0.1) is 6.42 Å². The number of hydrogen-bond acceptors (Lipinski definition) is 5.